The Kier molecular flexibility index (Phi) is 6.00. The number of nitrogens with zero attached hydrogens (tertiary/aromatic N) is 1. The number of thioether (sulfide) groups is 1. The fourth-order valence-corrected chi connectivity index (χ4v) is 4.51. The minimum Gasteiger partial charge on any atom is -0.333 e. The molecule has 0 aromatic heterocycles. The van der Waals surface area contributed by atoms with Crippen LogP contribution in [0.5, 0.6) is 0 Å². The van der Waals surface area contributed by atoms with Gasteiger partial charge in [0.05, 0.1) is 5.25 Å². The molecular weight excluding hydrogens is 269 g/mol. The van der Waals surface area contributed by atoms with Crippen molar-refractivity contribution in [2.45, 2.75) is 81.5 Å². The summed E-state index contributed by atoms with van der Waals surface area (Å²) in [5, 5.41) is 0.429. The molecule has 0 bridgehead atoms. The Morgan fingerprint density at radius 2 is 1.70 bits per heavy atom. The molecule has 1 saturated heterocycles. The predicted octanol–water partition coefficient (Wildman–Crippen LogP) is 3.41. The van der Waals surface area contributed by atoms with Crippen molar-refractivity contribution in [3.05, 3.63) is 0 Å². The maximum atomic E-state index is 12.3. The zero-order valence-corrected chi connectivity index (χ0v) is 13.5. The van der Waals surface area contributed by atoms with Crippen LogP contribution in [0, 0.1) is 0 Å². The number of amides is 2. The highest BCUT2D eigenvalue weighted by atomic mass is 32.2. The third-order valence-electron chi connectivity index (χ3n) is 4.00. The van der Waals surface area contributed by atoms with Crippen LogP contribution in [0.3, 0.4) is 0 Å². The van der Waals surface area contributed by atoms with Gasteiger partial charge >= 0.3 is 0 Å². The lowest BCUT2D eigenvalue weighted by molar-refractivity contribution is -0.132. The van der Waals surface area contributed by atoms with E-state index < -0.39 is 0 Å². The standard InChI is InChI=1S/C15H25BNO2S/c1-11(2)16-17-14(18)10-13(15(17)19)20-12-8-6-4-3-5-7-9-12/h11-13H,3-10H2,1-2H3. The van der Waals surface area contributed by atoms with Crippen molar-refractivity contribution >= 4 is 31.0 Å². The van der Waals surface area contributed by atoms with E-state index in [1.807, 2.05) is 13.8 Å². The molecule has 2 amide bonds. The van der Waals surface area contributed by atoms with E-state index in [0.717, 1.165) is 0 Å². The molecule has 20 heavy (non-hydrogen) atoms. The fraction of sp³-hybridized carbons (Fsp3) is 0.867. The van der Waals surface area contributed by atoms with E-state index in [0.29, 0.717) is 11.7 Å². The van der Waals surface area contributed by atoms with Gasteiger partial charge in [-0.25, -0.2) is 0 Å². The summed E-state index contributed by atoms with van der Waals surface area (Å²) in [6, 6.07) is 0. The van der Waals surface area contributed by atoms with Crippen molar-refractivity contribution in [3.63, 3.8) is 0 Å². The molecule has 1 heterocycles. The molecule has 0 spiro atoms. The molecule has 1 saturated carbocycles. The SMILES string of the molecule is CC(C)[B]N1C(=O)CC(SC2CCCCCCC2)C1=O. The molecule has 1 aliphatic heterocycles. The van der Waals surface area contributed by atoms with Gasteiger partial charge in [0, 0.05) is 11.7 Å². The molecule has 2 rings (SSSR count). The molecule has 2 fully saturated rings. The highest BCUT2D eigenvalue weighted by Gasteiger charge is 2.40. The zero-order chi connectivity index (χ0) is 14.5. The molecule has 1 atom stereocenters. The Hall–Kier alpha value is -0.445. The van der Waals surface area contributed by atoms with E-state index in [4.69, 9.17) is 0 Å². The van der Waals surface area contributed by atoms with Crippen molar-refractivity contribution in [1.29, 1.82) is 0 Å². The van der Waals surface area contributed by atoms with Crippen LogP contribution in [-0.4, -0.2) is 34.5 Å². The summed E-state index contributed by atoms with van der Waals surface area (Å²) in [7, 11) is 1.77. The largest absolute Gasteiger partial charge is 0.333 e. The summed E-state index contributed by atoms with van der Waals surface area (Å²) in [5.41, 5.74) is 0. The van der Waals surface area contributed by atoms with Crippen molar-refractivity contribution in [1.82, 2.24) is 4.81 Å². The minimum atomic E-state index is -0.137. The number of carbonyl (C=O) groups is 2. The van der Waals surface area contributed by atoms with E-state index in [1.165, 1.54) is 49.8 Å². The number of rotatable bonds is 4. The monoisotopic (exact) mass is 294 g/mol. The van der Waals surface area contributed by atoms with Crippen LogP contribution < -0.4 is 0 Å². The lowest BCUT2D eigenvalue weighted by atomic mass is 9.76. The molecule has 5 heteroatoms. The van der Waals surface area contributed by atoms with E-state index in [-0.39, 0.29) is 22.9 Å². The highest BCUT2D eigenvalue weighted by Crippen LogP contribution is 2.34. The van der Waals surface area contributed by atoms with Gasteiger partial charge in [0.25, 0.3) is 7.41 Å². The maximum Gasteiger partial charge on any atom is 0.263 e. The summed E-state index contributed by atoms with van der Waals surface area (Å²) in [4.78, 5) is 25.7. The lowest BCUT2D eigenvalue weighted by Crippen LogP contribution is -2.36. The second-order valence-corrected chi connectivity index (χ2v) is 7.80. The quantitative estimate of drug-likeness (QED) is 0.589. The van der Waals surface area contributed by atoms with Crippen LogP contribution in [-0.2, 0) is 9.59 Å². The average Bonchev–Trinajstić information content (AvgIpc) is 2.60. The summed E-state index contributed by atoms with van der Waals surface area (Å²) < 4.78 is 0. The van der Waals surface area contributed by atoms with Crippen LogP contribution >= 0.6 is 11.8 Å². The number of imide groups is 1. The smallest absolute Gasteiger partial charge is 0.263 e. The Labute approximate surface area is 127 Å². The fourth-order valence-electron chi connectivity index (χ4n) is 2.97. The molecule has 1 radical (unpaired) electrons. The topological polar surface area (TPSA) is 37.4 Å². The Balaban J connectivity index is 1.89. The van der Waals surface area contributed by atoms with Crippen LogP contribution in [0.2, 0.25) is 5.82 Å². The zero-order valence-electron chi connectivity index (χ0n) is 12.6. The van der Waals surface area contributed by atoms with Gasteiger partial charge in [0.1, 0.15) is 0 Å². The first kappa shape index (κ1) is 15.9. The Morgan fingerprint density at radius 3 is 2.30 bits per heavy atom. The minimum absolute atomic E-state index is 0.00996. The lowest BCUT2D eigenvalue weighted by Gasteiger charge is -2.22. The highest BCUT2D eigenvalue weighted by molar-refractivity contribution is 8.01. The number of carbonyl (C=O) groups excluding carboxylic acids is 2. The number of hydrogen-bond donors (Lipinski definition) is 0. The summed E-state index contributed by atoms with van der Waals surface area (Å²) in [6.45, 7) is 3.99. The first-order chi connectivity index (χ1) is 9.58. The second-order valence-electron chi connectivity index (χ2n) is 6.29. The third kappa shape index (κ3) is 4.27. The van der Waals surface area contributed by atoms with E-state index in [1.54, 1.807) is 19.2 Å². The average molecular weight is 294 g/mol. The molecule has 1 unspecified atom stereocenters. The predicted molar refractivity (Wildman–Crippen MR) is 84.8 cm³/mol. The van der Waals surface area contributed by atoms with Gasteiger partial charge in [-0.05, 0) is 12.8 Å². The summed E-state index contributed by atoms with van der Waals surface area (Å²) in [5.74, 6) is 0.218. The first-order valence-electron chi connectivity index (χ1n) is 7.94. The molecule has 1 aliphatic carbocycles. The van der Waals surface area contributed by atoms with Gasteiger partial charge in [-0.2, -0.15) is 0 Å². The molecule has 0 aromatic carbocycles. The summed E-state index contributed by atoms with van der Waals surface area (Å²) >= 11 is 1.76. The van der Waals surface area contributed by atoms with Crippen LogP contribution in [0.1, 0.15) is 65.2 Å². The second kappa shape index (κ2) is 7.53. The molecule has 3 nitrogen and oxygen atoms in total. The van der Waals surface area contributed by atoms with Gasteiger partial charge in [-0.3, -0.25) is 9.59 Å². The molecule has 0 aromatic rings. The third-order valence-corrected chi connectivity index (χ3v) is 5.55. The van der Waals surface area contributed by atoms with Gasteiger partial charge in [-0.1, -0.05) is 51.8 Å². The van der Waals surface area contributed by atoms with Gasteiger partial charge in [0.2, 0.25) is 11.8 Å². The molecule has 2 aliphatic rings. The summed E-state index contributed by atoms with van der Waals surface area (Å²) in [6.07, 6.45) is 9.35. The van der Waals surface area contributed by atoms with Crippen LogP contribution in [0.25, 0.3) is 0 Å². The van der Waals surface area contributed by atoms with Crippen molar-refractivity contribution in [2.24, 2.45) is 0 Å². The Bertz CT molecular complexity index is 354. The van der Waals surface area contributed by atoms with E-state index in [2.05, 4.69) is 0 Å². The first-order valence-corrected chi connectivity index (χ1v) is 8.88. The van der Waals surface area contributed by atoms with Crippen molar-refractivity contribution in [3.8, 4) is 0 Å². The van der Waals surface area contributed by atoms with E-state index >= 15 is 0 Å². The van der Waals surface area contributed by atoms with E-state index in [9.17, 15) is 9.59 Å². The van der Waals surface area contributed by atoms with Gasteiger partial charge < -0.3 is 4.81 Å². The van der Waals surface area contributed by atoms with Crippen molar-refractivity contribution in [2.75, 3.05) is 0 Å². The molecule has 111 valence electrons. The van der Waals surface area contributed by atoms with Crippen LogP contribution in [0.15, 0.2) is 0 Å². The van der Waals surface area contributed by atoms with Crippen LogP contribution in [0.4, 0.5) is 0 Å². The Morgan fingerprint density at radius 1 is 1.10 bits per heavy atom. The normalized spacial score (nSPS) is 25.9. The maximum absolute atomic E-state index is 12.3. The van der Waals surface area contributed by atoms with Gasteiger partial charge in [-0.15, -0.1) is 11.8 Å². The molecular formula is C15H25BNO2S. The van der Waals surface area contributed by atoms with Gasteiger partial charge in [0.15, 0.2) is 0 Å². The van der Waals surface area contributed by atoms with Crippen molar-refractivity contribution < 1.29 is 9.59 Å². The molecule has 0 N–H and O–H groups in total. The number of hydrogen-bond acceptors (Lipinski definition) is 3.